The number of nitrogens with zero attached hydrogens (tertiary/aromatic N) is 1. The number of hydrogen-bond donors (Lipinski definition) is 2. The van der Waals surface area contributed by atoms with E-state index >= 15 is 0 Å². The van der Waals surface area contributed by atoms with Crippen molar-refractivity contribution in [2.75, 3.05) is 5.32 Å². The summed E-state index contributed by atoms with van der Waals surface area (Å²) in [6, 6.07) is 11.5. The van der Waals surface area contributed by atoms with E-state index in [1.54, 1.807) is 0 Å². The van der Waals surface area contributed by atoms with Crippen LogP contribution in [-0.4, -0.2) is 23.1 Å². The van der Waals surface area contributed by atoms with Crippen LogP contribution in [0.4, 0.5) is 10.5 Å². The van der Waals surface area contributed by atoms with Crippen molar-refractivity contribution in [3.05, 3.63) is 53.6 Å². The Morgan fingerprint density at radius 2 is 1.60 bits per heavy atom. The third-order valence-corrected chi connectivity index (χ3v) is 13.3. The number of fused-ring (bicyclic) bond motifs is 7. The molecule has 5 aliphatic rings. The maximum atomic E-state index is 14.7. The zero-order valence-electron chi connectivity index (χ0n) is 26.9. The molecule has 0 heterocycles. The van der Waals surface area contributed by atoms with Crippen molar-refractivity contribution in [2.45, 2.75) is 99.0 Å². The van der Waals surface area contributed by atoms with Crippen LogP contribution in [0.5, 0.6) is 0 Å². The van der Waals surface area contributed by atoms with Crippen molar-refractivity contribution in [1.29, 1.82) is 5.26 Å². The standard InChI is InChI=1S/C37H47N3O3/c1-32(2)15-17-37(40-31(43)39-24-11-9-8-10-12-24)18-16-36(7)29(25(37)21-32)26(41)19-28-34(5)20-23(22-38)30(42)33(3,4)27(34)13-14-35(28,36)6/h8-12,19-20,25,27,29H,13-18,21H2,1-7H3,(H2,39,40,43)/t25-,27-,29-,34-,35+,36+,37-/m0/s1. The minimum Gasteiger partial charge on any atom is -0.332 e. The van der Waals surface area contributed by atoms with Gasteiger partial charge in [0.05, 0.1) is 5.57 Å². The van der Waals surface area contributed by atoms with E-state index in [1.165, 1.54) is 0 Å². The van der Waals surface area contributed by atoms with E-state index in [0.29, 0.717) is 0 Å². The number of benzene rings is 1. The Hall–Kier alpha value is -3.20. The Balaban J connectivity index is 1.43. The SMILES string of the molecule is CC1(C)CC[C@]2(NC(=O)Nc3ccccc3)CC[C@]3(C)[C@H](C(=O)C=C4[C@@]5(C)C=C(C#N)C(=O)C(C)(C)[C@@H]5CC[C@]43C)[C@@H]2C1. The van der Waals surface area contributed by atoms with Crippen LogP contribution >= 0.6 is 0 Å². The molecule has 0 unspecified atom stereocenters. The molecule has 6 rings (SSSR count). The second-order valence-electron chi connectivity index (χ2n) is 16.4. The molecule has 43 heavy (non-hydrogen) atoms. The highest BCUT2D eigenvalue weighted by molar-refractivity contribution is 6.04. The van der Waals surface area contributed by atoms with Gasteiger partial charge in [0.15, 0.2) is 11.6 Å². The quantitative estimate of drug-likeness (QED) is 0.373. The third-order valence-electron chi connectivity index (χ3n) is 13.3. The number of nitriles is 1. The minimum atomic E-state index is -0.678. The summed E-state index contributed by atoms with van der Waals surface area (Å²) in [7, 11) is 0. The molecule has 2 amide bonds. The molecule has 0 aliphatic heterocycles. The van der Waals surface area contributed by atoms with Gasteiger partial charge >= 0.3 is 6.03 Å². The lowest BCUT2D eigenvalue weighted by atomic mass is 9.35. The van der Waals surface area contributed by atoms with Gasteiger partial charge < -0.3 is 10.6 Å². The first-order valence-corrected chi connectivity index (χ1v) is 16.1. The smallest absolute Gasteiger partial charge is 0.319 e. The Morgan fingerprint density at radius 3 is 2.28 bits per heavy atom. The summed E-state index contributed by atoms with van der Waals surface area (Å²) >= 11 is 0. The number of hydrogen-bond acceptors (Lipinski definition) is 4. The number of allylic oxidation sites excluding steroid dienone is 4. The molecule has 5 aliphatic carbocycles. The lowest BCUT2D eigenvalue weighted by Gasteiger charge is -2.69. The molecule has 0 bridgehead atoms. The molecule has 6 heteroatoms. The van der Waals surface area contributed by atoms with E-state index in [0.717, 1.165) is 56.2 Å². The normalized spacial score (nSPS) is 40.7. The molecule has 1 aromatic rings. The molecular weight excluding hydrogens is 534 g/mol. The molecule has 2 N–H and O–H groups in total. The fourth-order valence-corrected chi connectivity index (χ4v) is 10.8. The van der Waals surface area contributed by atoms with E-state index in [4.69, 9.17) is 0 Å². The van der Waals surface area contributed by atoms with Crippen LogP contribution in [0.3, 0.4) is 0 Å². The summed E-state index contributed by atoms with van der Waals surface area (Å²) in [6.07, 6.45) is 9.98. The van der Waals surface area contributed by atoms with Gasteiger partial charge in [-0.25, -0.2) is 4.79 Å². The highest BCUT2D eigenvalue weighted by atomic mass is 16.2. The predicted molar refractivity (Wildman–Crippen MR) is 168 cm³/mol. The number of ketones is 2. The number of nitrogens with one attached hydrogen (secondary N) is 2. The van der Waals surface area contributed by atoms with Crippen LogP contribution < -0.4 is 10.6 Å². The summed E-state index contributed by atoms with van der Waals surface area (Å²) in [6.45, 7) is 15.4. The number of Topliss-reactive ketones (excluding diaryl/α,β-unsaturated/α-hetero) is 1. The van der Waals surface area contributed by atoms with E-state index < -0.39 is 16.4 Å². The second kappa shape index (κ2) is 9.40. The number of rotatable bonds is 2. The maximum Gasteiger partial charge on any atom is 0.319 e. The summed E-state index contributed by atoms with van der Waals surface area (Å²) in [5.41, 5.74) is -0.123. The summed E-state index contributed by atoms with van der Waals surface area (Å²) in [4.78, 5) is 41.4. The topological polar surface area (TPSA) is 99.1 Å². The van der Waals surface area contributed by atoms with Crippen LogP contribution in [-0.2, 0) is 9.59 Å². The van der Waals surface area contributed by atoms with Gasteiger partial charge in [0.25, 0.3) is 0 Å². The minimum absolute atomic E-state index is 0.0127. The first-order chi connectivity index (χ1) is 20.0. The highest BCUT2D eigenvalue weighted by Gasteiger charge is 2.70. The van der Waals surface area contributed by atoms with E-state index in [-0.39, 0.29) is 57.2 Å². The zero-order valence-corrected chi connectivity index (χ0v) is 26.9. The molecule has 1 aromatic carbocycles. The number of carbonyl (C=O) groups is 3. The third kappa shape index (κ3) is 4.13. The Bertz CT molecular complexity index is 1500. The molecule has 0 saturated heterocycles. The summed E-state index contributed by atoms with van der Waals surface area (Å²) in [5.74, 6) is -0.116. The summed E-state index contributed by atoms with van der Waals surface area (Å²) < 4.78 is 0. The van der Waals surface area contributed by atoms with Gasteiger partial charge in [-0.15, -0.1) is 0 Å². The van der Waals surface area contributed by atoms with E-state index in [1.807, 2.05) is 56.3 Å². The van der Waals surface area contributed by atoms with Gasteiger partial charge in [-0.1, -0.05) is 78.3 Å². The molecule has 0 aromatic heterocycles. The van der Waals surface area contributed by atoms with Crippen LogP contribution in [0.15, 0.2) is 53.6 Å². The molecular formula is C37H47N3O3. The number of anilines is 1. The molecule has 3 saturated carbocycles. The van der Waals surface area contributed by atoms with Crippen molar-refractivity contribution in [2.24, 2.45) is 44.8 Å². The van der Waals surface area contributed by atoms with Crippen molar-refractivity contribution in [3.63, 3.8) is 0 Å². The van der Waals surface area contributed by atoms with Crippen molar-refractivity contribution < 1.29 is 14.4 Å². The number of para-hydroxylation sites is 1. The molecule has 6 nitrogen and oxygen atoms in total. The second-order valence-corrected chi connectivity index (χ2v) is 16.4. The van der Waals surface area contributed by atoms with Gasteiger partial charge in [-0.2, -0.15) is 5.26 Å². The number of urea groups is 1. The summed E-state index contributed by atoms with van der Waals surface area (Å²) in [5, 5.41) is 16.4. The van der Waals surface area contributed by atoms with Crippen LogP contribution in [0.25, 0.3) is 0 Å². The lowest BCUT2D eigenvalue weighted by Crippen LogP contribution is -2.70. The van der Waals surface area contributed by atoms with E-state index in [9.17, 15) is 19.6 Å². The van der Waals surface area contributed by atoms with Gasteiger partial charge in [-0.05, 0) is 91.2 Å². The van der Waals surface area contributed by atoms with Crippen LogP contribution in [0, 0.1) is 56.2 Å². The molecule has 0 spiro atoms. The molecule has 7 atom stereocenters. The van der Waals surface area contributed by atoms with Gasteiger partial charge in [0.1, 0.15) is 6.07 Å². The fourth-order valence-electron chi connectivity index (χ4n) is 10.8. The number of carbonyl (C=O) groups excluding carboxylic acids is 3. The Kier molecular flexibility index (Phi) is 6.53. The fraction of sp³-hybridized carbons (Fsp3) is 0.622. The van der Waals surface area contributed by atoms with Crippen LogP contribution in [0.1, 0.15) is 93.4 Å². The average molecular weight is 582 g/mol. The monoisotopic (exact) mass is 581 g/mol. The maximum absolute atomic E-state index is 14.7. The average Bonchev–Trinajstić information content (AvgIpc) is 2.93. The van der Waals surface area contributed by atoms with Gasteiger partial charge in [-0.3, -0.25) is 9.59 Å². The first-order valence-electron chi connectivity index (χ1n) is 16.1. The Labute approximate surface area is 256 Å². The first kappa shape index (κ1) is 29.9. The molecule has 3 fully saturated rings. The van der Waals surface area contributed by atoms with Crippen molar-refractivity contribution in [3.8, 4) is 6.07 Å². The largest absolute Gasteiger partial charge is 0.332 e. The van der Waals surface area contributed by atoms with Gasteiger partial charge in [0, 0.05) is 28.0 Å². The van der Waals surface area contributed by atoms with E-state index in [2.05, 4.69) is 51.3 Å². The predicted octanol–water partition coefficient (Wildman–Crippen LogP) is 7.78. The zero-order chi connectivity index (χ0) is 31.2. The van der Waals surface area contributed by atoms with Crippen molar-refractivity contribution >= 4 is 23.3 Å². The number of amides is 2. The highest BCUT2D eigenvalue weighted by Crippen LogP contribution is 2.73. The lowest BCUT2D eigenvalue weighted by molar-refractivity contribution is -0.160. The van der Waals surface area contributed by atoms with Crippen molar-refractivity contribution in [1.82, 2.24) is 5.32 Å². The molecule has 228 valence electrons. The van der Waals surface area contributed by atoms with Gasteiger partial charge in [0.2, 0.25) is 0 Å². The molecule has 0 radical (unpaired) electrons. The van der Waals surface area contributed by atoms with Crippen LogP contribution in [0.2, 0.25) is 0 Å². The Morgan fingerprint density at radius 1 is 0.930 bits per heavy atom.